The van der Waals surface area contributed by atoms with E-state index < -0.39 is 13.2 Å². The SMILES string of the molecule is O=C(N(CCCl)CCCl)P(=O)(O)O. The largest absolute Gasteiger partial charge is 0.413 e. The van der Waals surface area contributed by atoms with E-state index in [1.54, 1.807) is 0 Å². The molecule has 8 heteroatoms. The van der Waals surface area contributed by atoms with Crippen LogP contribution in [0.5, 0.6) is 0 Å². The van der Waals surface area contributed by atoms with Crippen LogP contribution in [-0.2, 0) is 4.57 Å². The number of halogens is 2. The molecule has 5 nitrogen and oxygen atoms in total. The molecule has 0 aromatic rings. The molecule has 0 atom stereocenters. The molecule has 0 aliphatic carbocycles. The summed E-state index contributed by atoms with van der Waals surface area (Å²) in [4.78, 5) is 29.0. The Labute approximate surface area is 85.8 Å². The summed E-state index contributed by atoms with van der Waals surface area (Å²) < 4.78 is 10.5. The fourth-order valence-corrected chi connectivity index (χ4v) is 1.67. The van der Waals surface area contributed by atoms with Gasteiger partial charge >= 0.3 is 13.2 Å². The Balaban J connectivity index is 4.37. The van der Waals surface area contributed by atoms with Crippen molar-refractivity contribution in [3.8, 4) is 0 Å². The van der Waals surface area contributed by atoms with E-state index in [9.17, 15) is 9.36 Å². The molecule has 13 heavy (non-hydrogen) atoms. The van der Waals surface area contributed by atoms with Gasteiger partial charge in [-0.2, -0.15) is 0 Å². The predicted octanol–water partition coefficient (Wildman–Crippen LogP) is 1.06. The quantitative estimate of drug-likeness (QED) is 0.565. The Bertz CT molecular complexity index is 213. The summed E-state index contributed by atoms with van der Waals surface area (Å²) in [6.07, 6.45) is 0. The number of nitrogens with zero attached hydrogens (tertiary/aromatic N) is 1. The van der Waals surface area contributed by atoms with Crippen LogP contribution in [0.1, 0.15) is 0 Å². The maximum atomic E-state index is 11.0. The standard InChI is InChI=1S/C5H10Cl2NO4P/c6-1-3-8(4-2-7)5(9)13(10,11)12/h1-4H2,(H2,10,11,12). The third kappa shape index (κ3) is 4.84. The molecule has 78 valence electrons. The molecule has 0 aromatic carbocycles. The van der Waals surface area contributed by atoms with Crippen LogP contribution in [0.25, 0.3) is 0 Å². The zero-order chi connectivity index (χ0) is 10.5. The Morgan fingerprint density at radius 1 is 1.23 bits per heavy atom. The van der Waals surface area contributed by atoms with Crippen molar-refractivity contribution in [2.24, 2.45) is 0 Å². The molecule has 0 spiro atoms. The van der Waals surface area contributed by atoms with Gasteiger partial charge in [0.15, 0.2) is 0 Å². The summed E-state index contributed by atoms with van der Waals surface area (Å²) in [6.45, 7) is 0.163. The van der Waals surface area contributed by atoms with Crippen molar-refractivity contribution in [1.29, 1.82) is 0 Å². The van der Waals surface area contributed by atoms with Gasteiger partial charge in [-0.3, -0.25) is 4.79 Å². The molecular formula is C5H10Cl2NO4P. The Kier molecular flexibility index (Phi) is 5.92. The minimum Gasteiger partial charge on any atom is -0.330 e. The van der Waals surface area contributed by atoms with Crippen molar-refractivity contribution in [1.82, 2.24) is 4.90 Å². The maximum absolute atomic E-state index is 11.0. The Hall–Kier alpha value is 0.200. The highest BCUT2D eigenvalue weighted by Gasteiger charge is 2.30. The van der Waals surface area contributed by atoms with Crippen molar-refractivity contribution in [3.63, 3.8) is 0 Å². The van der Waals surface area contributed by atoms with Gasteiger partial charge in [-0.05, 0) is 0 Å². The topological polar surface area (TPSA) is 77.8 Å². The average molecular weight is 250 g/mol. The van der Waals surface area contributed by atoms with Crippen LogP contribution in [0.3, 0.4) is 0 Å². The van der Waals surface area contributed by atoms with Crippen LogP contribution < -0.4 is 0 Å². The van der Waals surface area contributed by atoms with Crippen molar-refractivity contribution in [3.05, 3.63) is 0 Å². The molecule has 0 aliphatic heterocycles. The molecule has 0 radical (unpaired) electrons. The first-order chi connectivity index (χ1) is 5.93. The molecular weight excluding hydrogens is 240 g/mol. The van der Waals surface area contributed by atoms with E-state index in [1.165, 1.54) is 0 Å². The van der Waals surface area contributed by atoms with Crippen LogP contribution in [0.4, 0.5) is 4.79 Å². The minimum absolute atomic E-state index is 0.0816. The summed E-state index contributed by atoms with van der Waals surface area (Å²) in [5.74, 6) is 0.227. The van der Waals surface area contributed by atoms with Gasteiger partial charge in [0.05, 0.1) is 0 Å². The number of rotatable bonds is 5. The number of hydrogen-bond donors (Lipinski definition) is 2. The average Bonchev–Trinajstić information content (AvgIpc) is 2.01. The van der Waals surface area contributed by atoms with Crippen LogP contribution in [0.2, 0.25) is 0 Å². The number of hydrogen-bond acceptors (Lipinski definition) is 2. The maximum Gasteiger partial charge on any atom is 0.413 e. The molecule has 2 N–H and O–H groups in total. The number of carbonyl (C=O) groups is 1. The van der Waals surface area contributed by atoms with E-state index in [1.807, 2.05) is 0 Å². The van der Waals surface area contributed by atoms with Gasteiger partial charge in [-0.15, -0.1) is 23.2 Å². The summed E-state index contributed by atoms with van der Waals surface area (Å²) in [5, 5.41) is 0. The van der Waals surface area contributed by atoms with Crippen LogP contribution in [0.15, 0.2) is 0 Å². The molecule has 0 unspecified atom stereocenters. The Morgan fingerprint density at radius 2 is 1.62 bits per heavy atom. The Morgan fingerprint density at radius 3 is 1.85 bits per heavy atom. The van der Waals surface area contributed by atoms with E-state index in [0.29, 0.717) is 0 Å². The first-order valence-corrected chi connectivity index (χ1v) is 6.08. The fraction of sp³-hybridized carbons (Fsp3) is 0.800. The second kappa shape index (κ2) is 5.83. The monoisotopic (exact) mass is 249 g/mol. The summed E-state index contributed by atoms with van der Waals surface area (Å²) in [7, 11) is -4.70. The third-order valence-electron chi connectivity index (χ3n) is 1.23. The van der Waals surface area contributed by atoms with Crippen molar-refractivity contribution < 1.29 is 19.1 Å². The molecule has 0 rings (SSSR count). The highest BCUT2D eigenvalue weighted by molar-refractivity contribution is 7.69. The van der Waals surface area contributed by atoms with Crippen LogP contribution >= 0.6 is 30.8 Å². The van der Waals surface area contributed by atoms with Gasteiger partial charge in [-0.25, -0.2) is 4.57 Å². The zero-order valence-electron chi connectivity index (χ0n) is 6.69. The lowest BCUT2D eigenvalue weighted by Crippen LogP contribution is -2.33. The van der Waals surface area contributed by atoms with Crippen LogP contribution in [-0.4, -0.2) is 45.2 Å². The lowest BCUT2D eigenvalue weighted by molar-refractivity contribution is 0.216. The van der Waals surface area contributed by atoms with E-state index in [2.05, 4.69) is 0 Å². The van der Waals surface area contributed by atoms with E-state index in [-0.39, 0.29) is 24.8 Å². The fourth-order valence-electron chi connectivity index (χ4n) is 0.691. The summed E-state index contributed by atoms with van der Waals surface area (Å²) in [6, 6.07) is 0. The normalized spacial score (nSPS) is 11.4. The van der Waals surface area contributed by atoms with Gasteiger partial charge in [0, 0.05) is 24.8 Å². The smallest absolute Gasteiger partial charge is 0.330 e. The van der Waals surface area contributed by atoms with Crippen molar-refractivity contribution >= 4 is 36.4 Å². The highest BCUT2D eigenvalue weighted by Crippen LogP contribution is 2.37. The van der Waals surface area contributed by atoms with Gasteiger partial charge in [0.2, 0.25) is 0 Å². The number of amides is 1. The van der Waals surface area contributed by atoms with Gasteiger partial charge in [0.25, 0.3) is 0 Å². The first kappa shape index (κ1) is 13.2. The molecule has 0 heterocycles. The molecule has 0 aliphatic rings. The predicted molar refractivity (Wildman–Crippen MR) is 50.5 cm³/mol. The van der Waals surface area contributed by atoms with Crippen molar-refractivity contribution in [2.75, 3.05) is 24.8 Å². The first-order valence-electron chi connectivity index (χ1n) is 3.40. The van der Waals surface area contributed by atoms with E-state index >= 15 is 0 Å². The molecule has 0 fully saturated rings. The molecule has 0 bridgehead atoms. The third-order valence-corrected chi connectivity index (χ3v) is 2.35. The number of alkyl halides is 2. The van der Waals surface area contributed by atoms with E-state index in [0.717, 1.165) is 4.90 Å². The lowest BCUT2D eigenvalue weighted by Gasteiger charge is -2.20. The minimum atomic E-state index is -4.70. The second-order valence-electron chi connectivity index (χ2n) is 2.19. The highest BCUT2D eigenvalue weighted by atomic mass is 35.5. The van der Waals surface area contributed by atoms with Gasteiger partial charge in [-0.1, -0.05) is 0 Å². The molecule has 1 amide bonds. The number of carbonyl (C=O) groups excluding carboxylic acids is 1. The lowest BCUT2D eigenvalue weighted by atomic mass is 10.6. The second-order valence-corrected chi connectivity index (χ2v) is 4.42. The van der Waals surface area contributed by atoms with E-state index in [4.69, 9.17) is 33.0 Å². The zero-order valence-corrected chi connectivity index (χ0v) is 9.10. The molecule has 0 saturated carbocycles. The van der Waals surface area contributed by atoms with Gasteiger partial charge in [0.1, 0.15) is 0 Å². The van der Waals surface area contributed by atoms with Crippen LogP contribution in [0, 0.1) is 0 Å². The summed E-state index contributed by atoms with van der Waals surface area (Å²) in [5.41, 5.74) is -1.23. The van der Waals surface area contributed by atoms with Gasteiger partial charge < -0.3 is 14.7 Å². The molecule has 0 aromatic heterocycles. The molecule has 0 saturated heterocycles. The van der Waals surface area contributed by atoms with Crippen molar-refractivity contribution in [2.45, 2.75) is 0 Å². The summed E-state index contributed by atoms with van der Waals surface area (Å²) >= 11 is 10.7.